The minimum Gasteiger partial charge on any atom is -0.481 e. The van der Waals surface area contributed by atoms with Crippen LogP contribution in [0.5, 0.6) is 0 Å². The fraction of sp³-hybridized carbons (Fsp3) is 0.861. The van der Waals surface area contributed by atoms with Gasteiger partial charge in [-0.1, -0.05) is 39.5 Å². The number of ether oxygens (including phenoxy) is 2. The van der Waals surface area contributed by atoms with Crippen molar-refractivity contribution in [2.24, 2.45) is 39.9 Å². The normalized spacial score (nSPS) is 46.8. The Labute approximate surface area is 274 Å². The molecular formula is C36H60O10. The van der Waals surface area contributed by atoms with Gasteiger partial charge in [-0.05, 0) is 112 Å². The third-order valence-corrected chi connectivity index (χ3v) is 13.5. The molecule has 3 saturated carbocycles. The summed E-state index contributed by atoms with van der Waals surface area (Å²) in [5, 5.41) is 75.4. The minimum absolute atomic E-state index is 0.00533. The van der Waals surface area contributed by atoms with E-state index in [-0.39, 0.29) is 41.9 Å². The Morgan fingerprint density at radius 3 is 2.20 bits per heavy atom. The van der Waals surface area contributed by atoms with E-state index in [2.05, 4.69) is 33.9 Å². The average Bonchev–Trinajstić information content (AvgIpc) is 3.34. The van der Waals surface area contributed by atoms with E-state index in [4.69, 9.17) is 9.47 Å². The Morgan fingerprint density at radius 2 is 1.63 bits per heavy atom. The van der Waals surface area contributed by atoms with E-state index < -0.39 is 71.4 Å². The van der Waals surface area contributed by atoms with Crippen LogP contribution in [0.4, 0.5) is 0 Å². The molecule has 10 nitrogen and oxygen atoms in total. The zero-order chi connectivity index (χ0) is 34.7. The zero-order valence-corrected chi connectivity index (χ0v) is 28.9. The van der Waals surface area contributed by atoms with Gasteiger partial charge in [0, 0.05) is 12.8 Å². The van der Waals surface area contributed by atoms with Crippen LogP contribution in [0.1, 0.15) is 99.8 Å². The third kappa shape index (κ3) is 6.26. The van der Waals surface area contributed by atoms with Crippen molar-refractivity contribution in [3.05, 3.63) is 24.3 Å². The molecule has 1 aliphatic heterocycles. The number of hydrogen-bond donors (Lipinski definition) is 7. The van der Waals surface area contributed by atoms with Gasteiger partial charge in [0.05, 0.1) is 23.9 Å². The second-order valence-electron chi connectivity index (χ2n) is 16.4. The van der Waals surface area contributed by atoms with Crippen LogP contribution in [-0.4, -0.2) is 96.3 Å². The number of aliphatic carboxylic acids is 1. The zero-order valence-electron chi connectivity index (χ0n) is 28.9. The van der Waals surface area contributed by atoms with E-state index in [1.165, 1.54) is 0 Å². The number of aliphatic hydroxyl groups excluding tert-OH is 5. The molecule has 4 fully saturated rings. The summed E-state index contributed by atoms with van der Waals surface area (Å²) in [5.41, 5.74) is -1.08. The predicted octanol–water partition coefficient (Wildman–Crippen LogP) is 3.55. The van der Waals surface area contributed by atoms with Gasteiger partial charge >= 0.3 is 5.97 Å². The summed E-state index contributed by atoms with van der Waals surface area (Å²) in [6.07, 6.45) is -5.26. The molecule has 4 rings (SSSR count). The molecule has 46 heavy (non-hydrogen) atoms. The van der Waals surface area contributed by atoms with Crippen molar-refractivity contribution in [1.29, 1.82) is 0 Å². The second-order valence-corrected chi connectivity index (χ2v) is 16.4. The Balaban J connectivity index is 1.81. The molecule has 7 N–H and O–H groups in total. The lowest BCUT2D eigenvalue weighted by atomic mass is 9.37. The molecule has 10 heteroatoms. The van der Waals surface area contributed by atoms with Crippen LogP contribution in [0.2, 0.25) is 0 Å². The first kappa shape index (κ1) is 37.4. The Kier molecular flexibility index (Phi) is 10.7. The van der Waals surface area contributed by atoms with Crippen LogP contribution in [0.25, 0.3) is 0 Å². The number of hydrogen-bond acceptors (Lipinski definition) is 9. The minimum atomic E-state index is -1.51. The number of aliphatic hydroxyl groups is 6. The van der Waals surface area contributed by atoms with Crippen LogP contribution < -0.4 is 0 Å². The maximum atomic E-state index is 12.1. The second kappa shape index (κ2) is 13.2. The van der Waals surface area contributed by atoms with Crippen LogP contribution in [0, 0.1) is 39.9 Å². The first-order chi connectivity index (χ1) is 21.1. The molecule has 1 saturated heterocycles. The van der Waals surface area contributed by atoms with Crippen LogP contribution in [0.15, 0.2) is 24.3 Å². The lowest BCUT2D eigenvalue weighted by molar-refractivity contribution is -0.327. The van der Waals surface area contributed by atoms with Crippen LogP contribution in [-0.2, 0) is 14.3 Å². The van der Waals surface area contributed by atoms with Crippen molar-refractivity contribution < 1.29 is 50.0 Å². The molecule has 11 unspecified atom stereocenters. The highest BCUT2D eigenvalue weighted by molar-refractivity contribution is 5.66. The summed E-state index contributed by atoms with van der Waals surface area (Å²) >= 11 is 0. The molecule has 0 aromatic heterocycles. The van der Waals surface area contributed by atoms with E-state index >= 15 is 0 Å². The molecule has 16 atom stereocenters. The van der Waals surface area contributed by atoms with E-state index in [0.29, 0.717) is 24.8 Å². The van der Waals surface area contributed by atoms with Crippen molar-refractivity contribution in [2.75, 3.05) is 0 Å². The van der Waals surface area contributed by atoms with Gasteiger partial charge in [0.15, 0.2) is 6.29 Å². The highest BCUT2D eigenvalue weighted by Crippen LogP contribution is 2.74. The molecule has 264 valence electrons. The van der Waals surface area contributed by atoms with Gasteiger partial charge in [-0.3, -0.25) is 4.79 Å². The predicted molar refractivity (Wildman–Crippen MR) is 172 cm³/mol. The van der Waals surface area contributed by atoms with Crippen LogP contribution >= 0.6 is 0 Å². The smallest absolute Gasteiger partial charge is 0.303 e. The largest absolute Gasteiger partial charge is 0.481 e. The van der Waals surface area contributed by atoms with Gasteiger partial charge in [-0.25, -0.2) is 0 Å². The average molecular weight is 653 g/mol. The fourth-order valence-corrected chi connectivity index (χ4v) is 10.8. The quantitative estimate of drug-likeness (QED) is 0.129. The van der Waals surface area contributed by atoms with Gasteiger partial charge in [-0.2, -0.15) is 0 Å². The number of fused-ring (bicyclic) bond motifs is 3. The number of rotatable bonds is 11. The molecular weight excluding hydrogens is 592 g/mol. The summed E-state index contributed by atoms with van der Waals surface area (Å²) in [4.78, 5) is 11.9. The number of carboxylic acids is 1. The fourth-order valence-electron chi connectivity index (χ4n) is 10.8. The molecule has 0 bridgehead atoms. The highest BCUT2D eigenvalue weighted by atomic mass is 16.7. The summed E-state index contributed by atoms with van der Waals surface area (Å²) in [6, 6.07) is 0. The standard InChI is InChI=1S/C36H60O10/c1-18(2)21-10-14-34(7)25(33(21,6)13-12-26(38)39)16-24(46-32-31(43)30(42)29(41)20(5)45-32)27-22(11-15-35(27,34)8)36(9,44)17-23(37)28(40)19(3)4/h20-25,27-32,37,40-44H,1,3,10-17H2,2,4-9H3,(H,38,39)/t20-,21?,22?,23?,24?,25?,27?,28?,29-,30+,31-,32+,33?,34?,35?,36?/m1/s1. The maximum absolute atomic E-state index is 12.1. The summed E-state index contributed by atoms with van der Waals surface area (Å²) < 4.78 is 12.7. The third-order valence-electron chi connectivity index (χ3n) is 13.5. The van der Waals surface area contributed by atoms with Crippen molar-refractivity contribution in [3.63, 3.8) is 0 Å². The molecule has 0 aromatic rings. The molecule has 0 aromatic carbocycles. The van der Waals surface area contributed by atoms with Gasteiger partial charge in [0.2, 0.25) is 0 Å². The van der Waals surface area contributed by atoms with Crippen LogP contribution in [0.3, 0.4) is 0 Å². The number of allylic oxidation sites excluding steroid dienone is 1. The molecule has 0 spiro atoms. The van der Waals surface area contributed by atoms with Crippen molar-refractivity contribution in [3.8, 4) is 0 Å². The first-order valence-electron chi connectivity index (χ1n) is 17.1. The molecule has 0 radical (unpaired) electrons. The highest BCUT2D eigenvalue weighted by Gasteiger charge is 2.70. The molecule has 4 aliphatic rings. The molecule has 0 amide bonds. The van der Waals surface area contributed by atoms with Crippen molar-refractivity contribution >= 4 is 5.97 Å². The van der Waals surface area contributed by atoms with E-state index in [0.717, 1.165) is 24.8 Å². The van der Waals surface area contributed by atoms with E-state index in [1.807, 2.05) is 6.92 Å². The van der Waals surface area contributed by atoms with Gasteiger partial charge < -0.3 is 45.2 Å². The molecule has 3 aliphatic carbocycles. The molecule has 1 heterocycles. The Hall–Kier alpha value is -1.37. The first-order valence-corrected chi connectivity index (χ1v) is 17.1. The summed E-state index contributed by atoms with van der Waals surface area (Å²) in [6.45, 7) is 21.8. The Morgan fingerprint density at radius 1 is 1.02 bits per heavy atom. The summed E-state index contributed by atoms with van der Waals surface area (Å²) in [7, 11) is 0. The van der Waals surface area contributed by atoms with Crippen molar-refractivity contribution in [2.45, 2.75) is 154 Å². The topological polar surface area (TPSA) is 177 Å². The Bertz CT molecular complexity index is 1160. The monoisotopic (exact) mass is 652 g/mol. The SMILES string of the molecule is C=C(C)C(O)C(O)CC(C)(O)C1CCC2(C)C1C(O[C@@H]1O[C@H](C)[C@@H](O)[C@H](O)[C@H]1O)CC1C(C)(CCC(=O)O)C(C(=C)C)CCC12C. The van der Waals surface area contributed by atoms with Gasteiger partial charge in [0.1, 0.15) is 24.4 Å². The number of carbonyl (C=O) groups is 1. The van der Waals surface area contributed by atoms with E-state index in [1.54, 1.807) is 20.8 Å². The van der Waals surface area contributed by atoms with E-state index in [9.17, 15) is 40.5 Å². The lowest BCUT2D eigenvalue weighted by Crippen LogP contribution is -2.65. The maximum Gasteiger partial charge on any atom is 0.303 e. The lowest BCUT2D eigenvalue weighted by Gasteiger charge is -2.68. The number of carboxylic acid groups (broad SMARTS) is 1. The summed E-state index contributed by atoms with van der Waals surface area (Å²) in [5.74, 6) is -1.38. The van der Waals surface area contributed by atoms with Gasteiger partial charge in [-0.15, -0.1) is 0 Å². The van der Waals surface area contributed by atoms with Gasteiger partial charge in [0.25, 0.3) is 0 Å². The van der Waals surface area contributed by atoms with Crippen molar-refractivity contribution in [1.82, 2.24) is 0 Å².